The second kappa shape index (κ2) is 6.14. The smallest absolute Gasteiger partial charge is 0.345 e. The highest BCUT2D eigenvalue weighted by Crippen LogP contribution is 2.61. The first-order valence-electron chi connectivity index (χ1n) is 9.69. The first-order chi connectivity index (χ1) is 13.0. The third-order valence-electron chi connectivity index (χ3n) is 6.75. The van der Waals surface area contributed by atoms with Crippen LogP contribution in [-0.4, -0.2) is 16.2 Å². The predicted molar refractivity (Wildman–Crippen MR) is 105 cm³/mol. The largest absolute Gasteiger partial charge is 0.508 e. The first kappa shape index (κ1) is 16.9. The molecule has 4 heteroatoms. The Morgan fingerprint density at radius 1 is 1.00 bits per heavy atom. The quantitative estimate of drug-likeness (QED) is 0.722. The van der Waals surface area contributed by atoms with Crippen molar-refractivity contribution in [3.63, 3.8) is 0 Å². The molecule has 4 aliphatic carbocycles. The van der Waals surface area contributed by atoms with E-state index in [4.69, 9.17) is 5.11 Å². The molecular formula is C23H22O3S. The predicted octanol–water partition coefficient (Wildman–Crippen LogP) is 5.02. The maximum atomic E-state index is 11.0. The molecule has 0 aliphatic heterocycles. The molecule has 1 aromatic heterocycles. The number of phenols is 1. The topological polar surface area (TPSA) is 57.5 Å². The van der Waals surface area contributed by atoms with Gasteiger partial charge < -0.3 is 10.2 Å². The number of benzene rings is 1. The molecule has 138 valence electrons. The van der Waals surface area contributed by atoms with E-state index in [1.165, 1.54) is 49.9 Å². The summed E-state index contributed by atoms with van der Waals surface area (Å²) in [5.74, 6) is 8.22. The van der Waals surface area contributed by atoms with Crippen LogP contribution in [-0.2, 0) is 5.41 Å². The maximum absolute atomic E-state index is 11.0. The van der Waals surface area contributed by atoms with Crippen molar-refractivity contribution >= 4 is 17.3 Å². The summed E-state index contributed by atoms with van der Waals surface area (Å²) < 4.78 is 0. The Kier molecular flexibility index (Phi) is 3.84. The highest BCUT2D eigenvalue weighted by atomic mass is 32.1. The van der Waals surface area contributed by atoms with Gasteiger partial charge in [-0.1, -0.05) is 11.8 Å². The number of carboxylic acids is 1. The van der Waals surface area contributed by atoms with Gasteiger partial charge in [0.05, 0.1) is 4.88 Å². The first-order valence-corrected chi connectivity index (χ1v) is 10.5. The van der Waals surface area contributed by atoms with E-state index in [1.54, 1.807) is 18.2 Å². The van der Waals surface area contributed by atoms with Gasteiger partial charge in [0, 0.05) is 11.1 Å². The highest BCUT2D eigenvalue weighted by molar-refractivity contribution is 7.14. The lowest BCUT2D eigenvalue weighted by molar-refractivity contribution is -0.00614. The second-order valence-electron chi connectivity index (χ2n) is 8.65. The van der Waals surface area contributed by atoms with E-state index in [0.29, 0.717) is 10.6 Å². The van der Waals surface area contributed by atoms with E-state index in [9.17, 15) is 9.90 Å². The third kappa shape index (κ3) is 2.95. The molecule has 27 heavy (non-hydrogen) atoms. The molecule has 0 amide bonds. The van der Waals surface area contributed by atoms with Crippen molar-refractivity contribution in [1.82, 2.24) is 0 Å². The fraction of sp³-hybridized carbons (Fsp3) is 0.435. The Morgan fingerprint density at radius 3 is 2.26 bits per heavy atom. The molecule has 1 aromatic carbocycles. The van der Waals surface area contributed by atoms with Gasteiger partial charge in [-0.25, -0.2) is 4.79 Å². The summed E-state index contributed by atoms with van der Waals surface area (Å²) in [6, 6.07) is 9.07. The van der Waals surface area contributed by atoms with Crippen molar-refractivity contribution in [2.24, 2.45) is 17.8 Å². The standard InChI is InChI=1S/C23H22O3S/c24-20-5-2-14(1-3-18-4-6-21(27-18)22(25)26)10-19(20)23-11-15-7-16(12-23)9-17(8-15)13-23/h2,4-6,10,15-17,24H,7-9,11-13H2,(H,25,26). The molecule has 0 unspecified atom stereocenters. The molecule has 0 atom stereocenters. The van der Waals surface area contributed by atoms with E-state index < -0.39 is 5.97 Å². The average molecular weight is 378 g/mol. The van der Waals surface area contributed by atoms with Crippen LogP contribution < -0.4 is 0 Å². The lowest BCUT2D eigenvalue weighted by Gasteiger charge is -2.57. The third-order valence-corrected chi connectivity index (χ3v) is 7.74. The van der Waals surface area contributed by atoms with Gasteiger partial charge in [-0.15, -0.1) is 11.3 Å². The second-order valence-corrected chi connectivity index (χ2v) is 9.73. The molecular weight excluding hydrogens is 356 g/mol. The van der Waals surface area contributed by atoms with Crippen molar-refractivity contribution in [3.05, 3.63) is 51.2 Å². The van der Waals surface area contributed by atoms with Gasteiger partial charge in [-0.3, -0.25) is 0 Å². The number of carboxylic acid groups (broad SMARTS) is 1. The van der Waals surface area contributed by atoms with Gasteiger partial charge in [0.2, 0.25) is 0 Å². The highest BCUT2D eigenvalue weighted by Gasteiger charge is 2.52. The number of carbonyl (C=O) groups is 1. The summed E-state index contributed by atoms with van der Waals surface area (Å²) in [6.45, 7) is 0. The fourth-order valence-corrected chi connectivity index (χ4v) is 6.83. The van der Waals surface area contributed by atoms with Crippen molar-refractivity contribution < 1.29 is 15.0 Å². The van der Waals surface area contributed by atoms with E-state index in [2.05, 4.69) is 17.9 Å². The van der Waals surface area contributed by atoms with Crippen LogP contribution in [0, 0.1) is 29.6 Å². The monoisotopic (exact) mass is 378 g/mol. The summed E-state index contributed by atoms with van der Waals surface area (Å²) in [4.78, 5) is 12.1. The maximum Gasteiger partial charge on any atom is 0.345 e. The van der Waals surface area contributed by atoms with Crippen LogP contribution in [0.5, 0.6) is 5.75 Å². The van der Waals surface area contributed by atoms with Crippen LogP contribution in [0.25, 0.3) is 0 Å². The Morgan fingerprint density at radius 2 is 1.67 bits per heavy atom. The number of phenolic OH excluding ortho intramolecular Hbond substituents is 1. The average Bonchev–Trinajstić information content (AvgIpc) is 3.09. The normalized spacial score (nSPS) is 30.7. The van der Waals surface area contributed by atoms with Crippen LogP contribution in [0.15, 0.2) is 30.3 Å². The SMILES string of the molecule is O=C(O)c1ccc(C#Cc2ccc(O)c(C34CC5CC(CC(C5)C3)C4)c2)s1. The molecule has 0 radical (unpaired) electrons. The number of hydrogen-bond donors (Lipinski definition) is 2. The molecule has 0 saturated heterocycles. The number of aromatic hydroxyl groups is 1. The number of thiophene rings is 1. The van der Waals surface area contributed by atoms with E-state index >= 15 is 0 Å². The summed E-state index contributed by atoms with van der Waals surface area (Å²) in [5.41, 5.74) is 2.12. The van der Waals surface area contributed by atoms with Crippen molar-refractivity contribution in [3.8, 4) is 17.6 Å². The van der Waals surface area contributed by atoms with Crippen LogP contribution in [0.2, 0.25) is 0 Å². The molecule has 1 heterocycles. The summed E-state index contributed by atoms with van der Waals surface area (Å²) in [7, 11) is 0. The molecule has 4 fully saturated rings. The van der Waals surface area contributed by atoms with Gasteiger partial charge in [-0.2, -0.15) is 0 Å². The number of hydrogen-bond acceptors (Lipinski definition) is 3. The fourth-order valence-electron chi connectivity index (χ4n) is 6.13. The number of rotatable bonds is 2. The zero-order valence-electron chi connectivity index (χ0n) is 15.1. The molecule has 0 spiro atoms. The molecule has 2 aromatic rings. The van der Waals surface area contributed by atoms with E-state index in [1.807, 2.05) is 6.07 Å². The Labute approximate surface area is 163 Å². The summed E-state index contributed by atoms with van der Waals surface area (Å²) in [5, 5.41) is 19.7. The van der Waals surface area contributed by atoms with Crippen molar-refractivity contribution in [2.75, 3.05) is 0 Å². The zero-order chi connectivity index (χ0) is 18.6. The van der Waals surface area contributed by atoms with Gasteiger partial charge in [0.1, 0.15) is 10.6 Å². The molecule has 4 saturated carbocycles. The summed E-state index contributed by atoms with van der Waals surface area (Å²) in [6.07, 6.45) is 7.75. The molecule has 6 rings (SSSR count). The molecule has 4 aliphatic rings. The van der Waals surface area contributed by atoms with Gasteiger partial charge in [-0.05, 0) is 92.0 Å². The minimum Gasteiger partial charge on any atom is -0.508 e. The van der Waals surface area contributed by atoms with Gasteiger partial charge in [0.25, 0.3) is 0 Å². The summed E-state index contributed by atoms with van der Waals surface area (Å²) >= 11 is 1.19. The molecule has 3 nitrogen and oxygen atoms in total. The van der Waals surface area contributed by atoms with Crippen LogP contribution >= 0.6 is 11.3 Å². The van der Waals surface area contributed by atoms with E-state index in [-0.39, 0.29) is 5.41 Å². The zero-order valence-corrected chi connectivity index (χ0v) is 15.9. The van der Waals surface area contributed by atoms with Crippen LogP contribution in [0.3, 0.4) is 0 Å². The molecule has 2 N–H and O–H groups in total. The Bertz CT molecular complexity index is 940. The Hall–Kier alpha value is -2.25. The minimum atomic E-state index is -0.915. The molecule has 4 bridgehead atoms. The van der Waals surface area contributed by atoms with Gasteiger partial charge in [0.15, 0.2) is 0 Å². The van der Waals surface area contributed by atoms with Crippen LogP contribution in [0.4, 0.5) is 0 Å². The number of aromatic carboxylic acids is 1. The van der Waals surface area contributed by atoms with Crippen LogP contribution in [0.1, 0.15) is 64.2 Å². The van der Waals surface area contributed by atoms with Gasteiger partial charge >= 0.3 is 5.97 Å². The lowest BCUT2D eigenvalue weighted by Crippen LogP contribution is -2.48. The van der Waals surface area contributed by atoms with Crippen molar-refractivity contribution in [1.29, 1.82) is 0 Å². The van der Waals surface area contributed by atoms with E-state index in [0.717, 1.165) is 33.8 Å². The Balaban J connectivity index is 1.47. The lowest BCUT2D eigenvalue weighted by atomic mass is 9.48. The minimum absolute atomic E-state index is 0.135. The van der Waals surface area contributed by atoms with Crippen molar-refractivity contribution in [2.45, 2.75) is 43.9 Å².